The van der Waals surface area contributed by atoms with Gasteiger partial charge in [0, 0.05) is 13.1 Å². The molecule has 16 heavy (non-hydrogen) atoms. The predicted molar refractivity (Wildman–Crippen MR) is 56.1 cm³/mol. The second kappa shape index (κ2) is 3.44. The van der Waals surface area contributed by atoms with Crippen molar-refractivity contribution in [2.75, 3.05) is 0 Å². The summed E-state index contributed by atoms with van der Waals surface area (Å²) >= 11 is 0. The predicted octanol–water partition coefficient (Wildman–Crippen LogP) is 1.47. The molecule has 0 aliphatic carbocycles. The Morgan fingerprint density at radius 3 is 2.75 bits per heavy atom. The highest BCUT2D eigenvalue weighted by Gasteiger charge is 2.11. The minimum Gasteiger partial charge on any atom is -0.358 e. The fourth-order valence-electron chi connectivity index (χ4n) is 1.47. The fraction of sp³-hybridized carbons (Fsp3) is 0.222. The van der Waals surface area contributed by atoms with Crippen molar-refractivity contribution in [1.29, 1.82) is 0 Å². The van der Waals surface area contributed by atoms with E-state index < -0.39 is 10.5 Å². The van der Waals surface area contributed by atoms with Gasteiger partial charge in [-0.05, 0) is 19.1 Å². The van der Waals surface area contributed by atoms with Crippen molar-refractivity contribution in [2.45, 2.75) is 6.92 Å². The number of rotatable bonds is 2. The summed E-state index contributed by atoms with van der Waals surface area (Å²) in [5.41, 5.74) is 1.38. The van der Waals surface area contributed by atoms with E-state index in [1.165, 1.54) is 12.1 Å². The molecule has 0 saturated heterocycles. The third-order valence-corrected chi connectivity index (χ3v) is 2.66. The van der Waals surface area contributed by atoms with Crippen LogP contribution in [0.1, 0.15) is 5.82 Å². The molecule has 1 heterocycles. The smallest absolute Gasteiger partial charge is 0.358 e. The summed E-state index contributed by atoms with van der Waals surface area (Å²) < 4.78 is 38.8. The summed E-state index contributed by atoms with van der Waals surface area (Å²) in [5.74, 6) is 0.684. The molecule has 0 amide bonds. The monoisotopic (exact) mass is 244 g/mol. The molecule has 0 bridgehead atoms. The first-order valence-corrected chi connectivity index (χ1v) is 5.75. The van der Waals surface area contributed by atoms with Gasteiger partial charge in [-0.15, -0.1) is 0 Å². The average Bonchev–Trinajstić information content (AvgIpc) is 2.40. The van der Waals surface area contributed by atoms with Crippen molar-refractivity contribution in [2.24, 2.45) is 7.05 Å². The van der Waals surface area contributed by atoms with Gasteiger partial charge in [0.2, 0.25) is 0 Å². The highest BCUT2D eigenvalue weighted by Crippen LogP contribution is 2.22. The van der Waals surface area contributed by atoms with Gasteiger partial charge in [-0.3, -0.25) is 0 Å². The van der Waals surface area contributed by atoms with E-state index in [2.05, 4.69) is 9.17 Å². The molecule has 2 rings (SSSR count). The van der Waals surface area contributed by atoms with E-state index in [4.69, 9.17) is 0 Å². The summed E-state index contributed by atoms with van der Waals surface area (Å²) in [5, 5.41) is 0. The molecule has 0 spiro atoms. The number of fused-ring (bicyclic) bond motifs is 1. The number of aryl methyl sites for hydroxylation is 2. The van der Waals surface area contributed by atoms with E-state index >= 15 is 0 Å². The van der Waals surface area contributed by atoms with Gasteiger partial charge < -0.3 is 8.75 Å². The molecule has 0 saturated carbocycles. The minimum absolute atomic E-state index is 0.0897. The second-order valence-electron chi connectivity index (χ2n) is 3.34. The van der Waals surface area contributed by atoms with Gasteiger partial charge in [-0.25, -0.2) is 4.98 Å². The molecular weight excluding hydrogens is 235 g/mol. The maximum Gasteiger partial charge on any atom is 0.488 e. The number of imidazole rings is 1. The number of nitrogens with zero attached hydrogens (tertiary/aromatic N) is 2. The van der Waals surface area contributed by atoms with Crippen LogP contribution in [0.4, 0.5) is 3.89 Å². The first kappa shape index (κ1) is 10.9. The van der Waals surface area contributed by atoms with Gasteiger partial charge in [-0.2, -0.15) is 8.42 Å². The van der Waals surface area contributed by atoms with E-state index in [9.17, 15) is 12.3 Å². The van der Waals surface area contributed by atoms with Crippen molar-refractivity contribution in [3.8, 4) is 5.75 Å². The van der Waals surface area contributed by atoms with Gasteiger partial charge in [0.05, 0.1) is 11.0 Å². The molecular formula is C9H9FN2O3S. The summed E-state index contributed by atoms with van der Waals surface area (Å²) in [6.45, 7) is 1.81. The Morgan fingerprint density at radius 2 is 2.12 bits per heavy atom. The Balaban J connectivity index is 2.53. The lowest BCUT2D eigenvalue weighted by atomic mass is 10.3. The van der Waals surface area contributed by atoms with Crippen LogP contribution in [0.2, 0.25) is 0 Å². The summed E-state index contributed by atoms with van der Waals surface area (Å²) in [6, 6.07) is 4.37. The fourth-order valence-corrected chi connectivity index (χ4v) is 1.80. The first-order chi connectivity index (χ1) is 7.37. The second-order valence-corrected chi connectivity index (χ2v) is 4.30. The molecule has 86 valence electrons. The van der Waals surface area contributed by atoms with Gasteiger partial charge in [0.25, 0.3) is 0 Å². The molecule has 2 aromatic rings. The highest BCUT2D eigenvalue weighted by atomic mass is 32.3. The maximum atomic E-state index is 12.3. The Labute approximate surface area is 91.9 Å². The van der Waals surface area contributed by atoms with Crippen LogP contribution in [0.5, 0.6) is 5.75 Å². The van der Waals surface area contributed by atoms with E-state index in [0.717, 1.165) is 11.3 Å². The molecule has 1 aromatic carbocycles. The van der Waals surface area contributed by atoms with Crippen LogP contribution in [0.3, 0.4) is 0 Å². The van der Waals surface area contributed by atoms with E-state index in [0.29, 0.717) is 5.52 Å². The lowest BCUT2D eigenvalue weighted by molar-refractivity contribution is 0.440. The summed E-state index contributed by atoms with van der Waals surface area (Å²) in [7, 11) is -3.15. The molecule has 0 fully saturated rings. The van der Waals surface area contributed by atoms with Gasteiger partial charge >= 0.3 is 10.5 Å². The van der Waals surface area contributed by atoms with Gasteiger partial charge in [0.1, 0.15) is 11.6 Å². The Hall–Kier alpha value is -1.63. The minimum atomic E-state index is -4.98. The number of hydrogen-bond acceptors (Lipinski definition) is 4. The Kier molecular flexibility index (Phi) is 2.34. The largest absolute Gasteiger partial charge is 0.488 e. The molecule has 7 heteroatoms. The van der Waals surface area contributed by atoms with Crippen LogP contribution in [-0.4, -0.2) is 18.0 Å². The number of benzene rings is 1. The Bertz CT molecular complexity index is 648. The molecule has 0 aliphatic heterocycles. The van der Waals surface area contributed by atoms with Crippen LogP contribution in [0.25, 0.3) is 11.0 Å². The average molecular weight is 244 g/mol. The zero-order chi connectivity index (χ0) is 11.9. The van der Waals surface area contributed by atoms with Gasteiger partial charge in [-0.1, -0.05) is 3.89 Å². The van der Waals surface area contributed by atoms with Crippen molar-refractivity contribution < 1.29 is 16.5 Å². The molecule has 1 aromatic heterocycles. The molecule has 0 unspecified atom stereocenters. The van der Waals surface area contributed by atoms with Gasteiger partial charge in [0.15, 0.2) is 0 Å². The molecule has 0 atom stereocenters. The third kappa shape index (κ3) is 1.99. The van der Waals surface area contributed by atoms with Crippen LogP contribution in [0.15, 0.2) is 18.2 Å². The van der Waals surface area contributed by atoms with Crippen LogP contribution in [0, 0.1) is 6.92 Å². The zero-order valence-electron chi connectivity index (χ0n) is 8.64. The number of aromatic nitrogens is 2. The van der Waals surface area contributed by atoms with Crippen molar-refractivity contribution in [1.82, 2.24) is 9.55 Å². The summed E-state index contributed by atoms with van der Waals surface area (Å²) in [4.78, 5) is 4.17. The third-order valence-electron chi connectivity index (χ3n) is 2.27. The SMILES string of the molecule is Cc1nc2cc(OS(=O)(=O)F)ccc2n1C. The van der Waals surface area contributed by atoms with E-state index in [1.54, 1.807) is 6.07 Å². The lowest BCUT2D eigenvalue weighted by Gasteiger charge is -2.00. The molecule has 5 nitrogen and oxygen atoms in total. The first-order valence-electron chi connectivity index (χ1n) is 4.44. The van der Waals surface area contributed by atoms with Crippen molar-refractivity contribution >= 4 is 21.5 Å². The molecule has 0 N–H and O–H groups in total. The van der Waals surface area contributed by atoms with Crippen molar-refractivity contribution in [3.63, 3.8) is 0 Å². The van der Waals surface area contributed by atoms with Crippen molar-refractivity contribution in [3.05, 3.63) is 24.0 Å². The normalized spacial score (nSPS) is 11.9. The quantitative estimate of drug-likeness (QED) is 0.750. The zero-order valence-corrected chi connectivity index (χ0v) is 9.45. The van der Waals surface area contributed by atoms with Crippen LogP contribution < -0.4 is 4.18 Å². The van der Waals surface area contributed by atoms with Crippen LogP contribution in [-0.2, 0) is 17.6 Å². The maximum absolute atomic E-state index is 12.3. The standard InChI is InChI=1S/C9H9FN2O3S/c1-6-11-8-5-7(15-16(10,13)14)3-4-9(8)12(6)2/h3-5H,1-2H3. The van der Waals surface area contributed by atoms with E-state index in [-0.39, 0.29) is 5.75 Å². The molecule has 0 aliphatic rings. The summed E-state index contributed by atoms with van der Waals surface area (Å²) in [6.07, 6.45) is 0. The lowest BCUT2D eigenvalue weighted by Crippen LogP contribution is -2.00. The topological polar surface area (TPSA) is 61.2 Å². The Morgan fingerprint density at radius 1 is 1.44 bits per heavy atom. The number of hydrogen-bond donors (Lipinski definition) is 0. The highest BCUT2D eigenvalue weighted by molar-refractivity contribution is 7.81. The van der Waals surface area contributed by atoms with E-state index in [1.807, 2.05) is 18.5 Å². The number of halogens is 1. The molecule has 0 radical (unpaired) electrons. The van der Waals surface area contributed by atoms with Crippen LogP contribution >= 0.6 is 0 Å².